The fourth-order valence-corrected chi connectivity index (χ4v) is 5.58. The van der Waals surface area contributed by atoms with Gasteiger partial charge in [-0.15, -0.1) is 0 Å². The van der Waals surface area contributed by atoms with Crippen molar-refractivity contribution in [2.45, 2.75) is 50.1 Å². The van der Waals surface area contributed by atoms with Crippen molar-refractivity contribution in [1.29, 1.82) is 0 Å². The van der Waals surface area contributed by atoms with Crippen molar-refractivity contribution in [3.05, 3.63) is 59.1 Å². The molecule has 9 heteroatoms. The zero-order valence-electron chi connectivity index (χ0n) is 18.7. The maximum Gasteiger partial charge on any atom is 0.290 e. The van der Waals surface area contributed by atoms with Crippen molar-refractivity contribution in [2.24, 2.45) is 5.92 Å². The molecule has 1 atom stereocenters. The first-order valence-corrected chi connectivity index (χ1v) is 11.7. The molecule has 2 N–H and O–H groups in total. The minimum absolute atomic E-state index is 0.00107. The van der Waals surface area contributed by atoms with Crippen LogP contribution in [0.1, 0.15) is 49.6 Å². The molecule has 1 unspecified atom stereocenters. The van der Waals surface area contributed by atoms with E-state index in [0.717, 1.165) is 38.2 Å². The highest BCUT2D eigenvalue weighted by Gasteiger charge is 2.54. The smallest absolute Gasteiger partial charge is 0.290 e. The molecule has 0 aliphatic heterocycles. The number of carbonyl (C=O) groups excluding carboxylic acids is 2. The number of aromatic nitrogens is 1. The van der Waals surface area contributed by atoms with Crippen LogP contribution >= 0.6 is 11.6 Å². The molecule has 2 bridgehead atoms. The summed E-state index contributed by atoms with van der Waals surface area (Å²) in [6.07, 6.45) is 3.73. The van der Waals surface area contributed by atoms with Crippen LogP contribution in [0.2, 0.25) is 5.02 Å². The quantitative estimate of drug-likeness (QED) is 0.530. The number of amides is 2. The summed E-state index contributed by atoms with van der Waals surface area (Å²) in [7, 11) is 0. The molecule has 3 aromatic rings. The molecule has 2 amide bonds. The van der Waals surface area contributed by atoms with E-state index in [-0.39, 0.29) is 51.9 Å². The highest BCUT2D eigenvalue weighted by molar-refractivity contribution is 6.30. The number of nitrogens with one attached hydrogen (secondary N) is 2. The summed E-state index contributed by atoms with van der Waals surface area (Å²) < 4.78 is 24.4. The molecule has 2 aromatic carbocycles. The minimum Gasteiger partial charge on any atom is -0.484 e. The summed E-state index contributed by atoms with van der Waals surface area (Å²) in [6.45, 7) is 1.89. The monoisotopic (exact) mass is 485 g/mol. The Bertz CT molecular complexity index is 1250. The van der Waals surface area contributed by atoms with Gasteiger partial charge in [0.05, 0.1) is 10.4 Å². The average Bonchev–Trinajstić information content (AvgIpc) is 3.25. The maximum atomic E-state index is 13.6. The maximum absolute atomic E-state index is 13.6. The standard InChI is InChI=1S/C25H25ClFN3O4/c1-15-13-24(28-21(31)14-33-16-6-7-18(26)19(27)12-16)8-10-25(15,11-9-24)29-23(32)22-17-4-2-3-5-20(17)30-34-22/h2-7,12,15H,8-11,13-14H2,1H3,(H,28,31)(H,29,32). The SMILES string of the molecule is CC1CC2(NC(=O)COc3ccc(Cl)c(F)c3)CCC1(NC(=O)c1onc3ccccc13)CC2. The molecule has 0 radical (unpaired) electrons. The molecule has 34 heavy (non-hydrogen) atoms. The summed E-state index contributed by atoms with van der Waals surface area (Å²) in [6, 6.07) is 11.4. The first-order chi connectivity index (χ1) is 16.3. The van der Waals surface area contributed by atoms with Crippen molar-refractivity contribution in [3.8, 4) is 5.75 Å². The van der Waals surface area contributed by atoms with E-state index in [0.29, 0.717) is 10.9 Å². The number of hydrogen-bond acceptors (Lipinski definition) is 5. The van der Waals surface area contributed by atoms with Crippen molar-refractivity contribution in [3.63, 3.8) is 0 Å². The summed E-state index contributed by atoms with van der Waals surface area (Å²) >= 11 is 5.68. The van der Waals surface area contributed by atoms with Gasteiger partial charge >= 0.3 is 0 Å². The topological polar surface area (TPSA) is 93.5 Å². The third kappa shape index (κ3) is 4.11. The molecular weight excluding hydrogens is 461 g/mol. The Balaban J connectivity index is 1.21. The van der Waals surface area contributed by atoms with E-state index < -0.39 is 5.82 Å². The lowest BCUT2D eigenvalue weighted by Crippen LogP contribution is -2.67. The van der Waals surface area contributed by atoms with E-state index in [1.165, 1.54) is 12.1 Å². The lowest BCUT2D eigenvalue weighted by molar-refractivity contribution is -0.127. The molecule has 6 rings (SSSR count). The van der Waals surface area contributed by atoms with E-state index in [2.05, 4.69) is 22.7 Å². The van der Waals surface area contributed by atoms with Crippen LogP contribution in [0, 0.1) is 11.7 Å². The largest absolute Gasteiger partial charge is 0.484 e. The number of rotatable bonds is 6. The van der Waals surface area contributed by atoms with Gasteiger partial charge in [0.25, 0.3) is 11.8 Å². The van der Waals surface area contributed by atoms with Gasteiger partial charge in [0.2, 0.25) is 5.76 Å². The van der Waals surface area contributed by atoms with Crippen LogP contribution in [-0.4, -0.2) is 34.7 Å². The predicted molar refractivity (Wildman–Crippen MR) is 124 cm³/mol. The number of ether oxygens (including phenoxy) is 1. The summed E-state index contributed by atoms with van der Waals surface area (Å²) in [4.78, 5) is 25.7. The number of carbonyl (C=O) groups is 2. The molecular formula is C25H25ClFN3O4. The van der Waals surface area contributed by atoms with Crippen molar-refractivity contribution >= 4 is 34.3 Å². The Hall–Kier alpha value is -3.13. The van der Waals surface area contributed by atoms with Gasteiger partial charge in [-0.05, 0) is 62.3 Å². The van der Waals surface area contributed by atoms with Gasteiger partial charge < -0.3 is 19.9 Å². The first-order valence-electron chi connectivity index (χ1n) is 11.4. The molecule has 3 aliphatic rings. The van der Waals surface area contributed by atoms with E-state index in [1.54, 1.807) is 0 Å². The second-order valence-corrected chi connectivity index (χ2v) is 9.84. The van der Waals surface area contributed by atoms with E-state index in [9.17, 15) is 14.0 Å². The number of benzene rings is 2. The van der Waals surface area contributed by atoms with Crippen LogP contribution in [0.15, 0.2) is 47.0 Å². The highest BCUT2D eigenvalue weighted by Crippen LogP contribution is 2.50. The molecule has 3 saturated carbocycles. The molecule has 0 saturated heterocycles. The van der Waals surface area contributed by atoms with Gasteiger partial charge in [-0.1, -0.05) is 35.8 Å². The van der Waals surface area contributed by atoms with E-state index in [4.69, 9.17) is 20.9 Å². The summed E-state index contributed by atoms with van der Waals surface area (Å²) in [5.74, 6) is -0.486. The zero-order valence-corrected chi connectivity index (χ0v) is 19.5. The molecule has 1 aromatic heterocycles. The third-order valence-corrected chi connectivity index (χ3v) is 7.66. The van der Waals surface area contributed by atoms with Crippen molar-refractivity contribution in [1.82, 2.24) is 15.8 Å². The lowest BCUT2D eigenvalue weighted by Gasteiger charge is -2.57. The Morgan fingerprint density at radius 1 is 1.18 bits per heavy atom. The van der Waals surface area contributed by atoms with Crippen LogP contribution < -0.4 is 15.4 Å². The second kappa shape index (κ2) is 8.58. The summed E-state index contributed by atoms with van der Waals surface area (Å²) in [5.41, 5.74) is -0.0403. The van der Waals surface area contributed by atoms with Gasteiger partial charge in [0, 0.05) is 17.1 Å². The highest BCUT2D eigenvalue weighted by atomic mass is 35.5. The van der Waals surface area contributed by atoms with Gasteiger partial charge in [0.1, 0.15) is 17.1 Å². The Morgan fingerprint density at radius 2 is 1.94 bits per heavy atom. The van der Waals surface area contributed by atoms with Crippen LogP contribution in [-0.2, 0) is 4.79 Å². The molecule has 3 fully saturated rings. The zero-order chi connectivity index (χ0) is 23.9. The van der Waals surface area contributed by atoms with Gasteiger partial charge in [-0.2, -0.15) is 0 Å². The van der Waals surface area contributed by atoms with E-state index in [1.807, 2.05) is 24.3 Å². The molecule has 1 heterocycles. The minimum atomic E-state index is -0.594. The number of fused-ring (bicyclic) bond motifs is 4. The Labute approximate surface area is 201 Å². The lowest BCUT2D eigenvalue weighted by atomic mass is 9.56. The average molecular weight is 486 g/mol. The van der Waals surface area contributed by atoms with E-state index >= 15 is 0 Å². The van der Waals surface area contributed by atoms with Crippen LogP contribution in [0.5, 0.6) is 5.75 Å². The van der Waals surface area contributed by atoms with Gasteiger partial charge in [-0.25, -0.2) is 4.39 Å². The molecule has 0 spiro atoms. The number of halogens is 2. The Kier molecular flexibility index (Phi) is 5.72. The fourth-order valence-electron chi connectivity index (χ4n) is 5.46. The number of nitrogens with zero attached hydrogens (tertiary/aromatic N) is 1. The van der Waals surface area contributed by atoms with Gasteiger partial charge in [-0.3, -0.25) is 9.59 Å². The summed E-state index contributed by atoms with van der Waals surface area (Å²) in [5, 5.41) is 11.1. The molecule has 178 valence electrons. The van der Waals surface area contributed by atoms with Crippen molar-refractivity contribution in [2.75, 3.05) is 6.61 Å². The van der Waals surface area contributed by atoms with Crippen molar-refractivity contribution < 1.29 is 23.2 Å². The Morgan fingerprint density at radius 3 is 2.68 bits per heavy atom. The third-order valence-electron chi connectivity index (χ3n) is 7.36. The second-order valence-electron chi connectivity index (χ2n) is 9.44. The normalized spacial score (nSPS) is 25.8. The fraction of sp³-hybridized carbons (Fsp3) is 0.400. The molecule has 3 aliphatic carbocycles. The molecule has 7 nitrogen and oxygen atoms in total. The van der Waals surface area contributed by atoms with Crippen LogP contribution in [0.4, 0.5) is 4.39 Å². The first kappa shape index (κ1) is 22.7. The number of hydrogen-bond donors (Lipinski definition) is 2. The van der Waals surface area contributed by atoms with Crippen LogP contribution in [0.3, 0.4) is 0 Å². The predicted octanol–water partition coefficient (Wildman–Crippen LogP) is 4.64. The van der Waals surface area contributed by atoms with Crippen LogP contribution in [0.25, 0.3) is 10.9 Å². The van der Waals surface area contributed by atoms with Gasteiger partial charge in [0.15, 0.2) is 6.61 Å².